The maximum atomic E-state index is 12.0. The van der Waals surface area contributed by atoms with E-state index in [9.17, 15) is 8.42 Å². The molecule has 0 aromatic heterocycles. The van der Waals surface area contributed by atoms with Gasteiger partial charge in [0.25, 0.3) is 0 Å². The van der Waals surface area contributed by atoms with Crippen LogP contribution in [0, 0.1) is 5.92 Å². The Hall–Kier alpha value is -0.870. The highest BCUT2D eigenvalue weighted by molar-refractivity contribution is 7.88. The van der Waals surface area contributed by atoms with Gasteiger partial charge in [-0.25, -0.2) is 13.1 Å². The van der Waals surface area contributed by atoms with Gasteiger partial charge >= 0.3 is 0 Å². The largest absolute Gasteiger partial charge is 0.216 e. The van der Waals surface area contributed by atoms with E-state index in [2.05, 4.69) is 11.6 Å². The van der Waals surface area contributed by atoms with E-state index in [0.29, 0.717) is 5.92 Å². The minimum atomic E-state index is -3.19. The van der Waals surface area contributed by atoms with E-state index < -0.39 is 10.0 Å². The number of rotatable bonds is 4. The van der Waals surface area contributed by atoms with Crippen molar-refractivity contribution in [1.29, 1.82) is 0 Å². The van der Waals surface area contributed by atoms with Crippen LogP contribution >= 0.6 is 0 Å². The monoisotopic (exact) mass is 253 g/mol. The van der Waals surface area contributed by atoms with Gasteiger partial charge in [-0.1, -0.05) is 37.3 Å². The van der Waals surface area contributed by atoms with E-state index in [-0.39, 0.29) is 11.8 Å². The zero-order valence-corrected chi connectivity index (χ0v) is 10.9. The van der Waals surface area contributed by atoms with Gasteiger partial charge in [0, 0.05) is 6.04 Å². The molecular formula is C13H19NO2S. The molecule has 1 aromatic rings. The van der Waals surface area contributed by atoms with Crippen molar-refractivity contribution in [3.8, 4) is 0 Å². The molecule has 0 bridgehead atoms. The Labute approximate surface area is 103 Å². The van der Waals surface area contributed by atoms with Gasteiger partial charge in [0.2, 0.25) is 10.0 Å². The van der Waals surface area contributed by atoms with Crippen molar-refractivity contribution in [3.63, 3.8) is 0 Å². The molecule has 1 saturated carbocycles. The Balaban J connectivity index is 1.95. The van der Waals surface area contributed by atoms with Gasteiger partial charge in [-0.3, -0.25) is 0 Å². The smallest absolute Gasteiger partial charge is 0.212 e. The van der Waals surface area contributed by atoms with Crippen LogP contribution in [-0.4, -0.2) is 14.5 Å². The summed E-state index contributed by atoms with van der Waals surface area (Å²) in [5.74, 6) is 0.720. The Kier molecular flexibility index (Phi) is 3.84. The average Bonchev–Trinajstić information content (AvgIpc) is 2.63. The van der Waals surface area contributed by atoms with Crippen LogP contribution < -0.4 is 4.72 Å². The lowest BCUT2D eigenvalue weighted by Gasteiger charge is -2.12. The standard InChI is InChI=1S/C13H19NO2S/c1-11-7-8-13(9-11)14-17(15,16)10-12-5-3-2-4-6-12/h2-6,11,13-14H,7-10H2,1H3. The average molecular weight is 253 g/mol. The molecule has 0 spiro atoms. The zero-order valence-electron chi connectivity index (χ0n) is 10.1. The molecule has 1 aromatic carbocycles. The number of hydrogen-bond donors (Lipinski definition) is 1. The first kappa shape index (κ1) is 12.6. The summed E-state index contributed by atoms with van der Waals surface area (Å²) in [5.41, 5.74) is 0.839. The van der Waals surface area contributed by atoms with Crippen molar-refractivity contribution in [2.75, 3.05) is 0 Å². The summed E-state index contributed by atoms with van der Waals surface area (Å²) in [6, 6.07) is 9.44. The molecule has 3 nitrogen and oxygen atoms in total. The molecule has 2 rings (SSSR count). The molecule has 17 heavy (non-hydrogen) atoms. The van der Waals surface area contributed by atoms with E-state index in [4.69, 9.17) is 0 Å². The zero-order chi connectivity index (χ0) is 12.3. The number of benzene rings is 1. The summed E-state index contributed by atoms with van der Waals surface area (Å²) < 4.78 is 26.7. The van der Waals surface area contributed by atoms with Crippen LogP contribution in [0.4, 0.5) is 0 Å². The number of nitrogens with one attached hydrogen (secondary N) is 1. The van der Waals surface area contributed by atoms with Gasteiger partial charge in [0.15, 0.2) is 0 Å². The molecule has 94 valence electrons. The summed E-state index contributed by atoms with van der Waals surface area (Å²) in [5, 5.41) is 0. The molecule has 0 heterocycles. The first-order chi connectivity index (χ1) is 8.05. The molecule has 0 radical (unpaired) electrons. The van der Waals surface area contributed by atoms with Crippen molar-refractivity contribution < 1.29 is 8.42 Å². The lowest BCUT2D eigenvalue weighted by molar-refractivity contribution is 0.538. The second-order valence-corrected chi connectivity index (χ2v) is 6.73. The van der Waals surface area contributed by atoms with Crippen molar-refractivity contribution >= 4 is 10.0 Å². The van der Waals surface area contributed by atoms with Crippen molar-refractivity contribution in [2.24, 2.45) is 5.92 Å². The summed E-state index contributed by atoms with van der Waals surface area (Å²) in [6.07, 6.45) is 3.06. The van der Waals surface area contributed by atoms with Crippen molar-refractivity contribution in [3.05, 3.63) is 35.9 Å². The van der Waals surface area contributed by atoms with Crippen LogP contribution in [0.5, 0.6) is 0 Å². The minimum Gasteiger partial charge on any atom is -0.212 e. The van der Waals surface area contributed by atoms with Gasteiger partial charge < -0.3 is 0 Å². The first-order valence-corrected chi connectivity index (χ1v) is 7.74. The third-order valence-electron chi connectivity index (χ3n) is 3.24. The molecule has 1 aliphatic carbocycles. The fraction of sp³-hybridized carbons (Fsp3) is 0.538. The van der Waals surface area contributed by atoms with E-state index in [1.807, 2.05) is 30.3 Å². The summed E-state index contributed by atoms with van der Waals surface area (Å²) >= 11 is 0. The van der Waals surface area contributed by atoms with Crippen molar-refractivity contribution in [1.82, 2.24) is 4.72 Å². The lowest BCUT2D eigenvalue weighted by atomic mass is 10.1. The van der Waals surface area contributed by atoms with Gasteiger partial charge in [-0.05, 0) is 30.7 Å². The topological polar surface area (TPSA) is 46.2 Å². The first-order valence-electron chi connectivity index (χ1n) is 6.09. The van der Waals surface area contributed by atoms with Crippen LogP contribution in [0.15, 0.2) is 30.3 Å². The Morgan fingerprint density at radius 3 is 2.53 bits per heavy atom. The third-order valence-corrected chi connectivity index (χ3v) is 4.65. The fourth-order valence-corrected chi connectivity index (χ4v) is 3.84. The molecule has 0 amide bonds. The quantitative estimate of drug-likeness (QED) is 0.895. The molecule has 0 saturated heterocycles. The Bertz CT molecular complexity index is 456. The second kappa shape index (κ2) is 5.19. The molecule has 2 atom stereocenters. The number of hydrogen-bond acceptors (Lipinski definition) is 2. The highest BCUT2D eigenvalue weighted by Crippen LogP contribution is 2.25. The molecule has 1 N–H and O–H groups in total. The SMILES string of the molecule is CC1CCC(NS(=O)(=O)Cc2ccccc2)C1. The van der Waals surface area contributed by atoms with Crippen LogP contribution in [0.3, 0.4) is 0 Å². The normalized spacial score (nSPS) is 25.0. The van der Waals surface area contributed by atoms with Gasteiger partial charge in [0.05, 0.1) is 5.75 Å². The second-order valence-electron chi connectivity index (χ2n) is 4.98. The van der Waals surface area contributed by atoms with Gasteiger partial charge in [0.1, 0.15) is 0 Å². The van der Waals surface area contributed by atoms with Crippen LogP contribution in [0.2, 0.25) is 0 Å². The predicted octanol–water partition coefficient (Wildman–Crippen LogP) is 2.29. The molecular weight excluding hydrogens is 234 g/mol. The number of sulfonamides is 1. The summed E-state index contributed by atoms with van der Waals surface area (Å²) in [7, 11) is -3.19. The minimum absolute atomic E-state index is 0.0821. The van der Waals surface area contributed by atoms with E-state index in [0.717, 1.165) is 24.8 Å². The van der Waals surface area contributed by atoms with Crippen LogP contribution in [0.1, 0.15) is 31.7 Å². The molecule has 1 aliphatic rings. The molecule has 2 unspecified atom stereocenters. The van der Waals surface area contributed by atoms with Gasteiger partial charge in [-0.2, -0.15) is 0 Å². The summed E-state index contributed by atoms with van der Waals surface area (Å²) in [6.45, 7) is 2.17. The third kappa shape index (κ3) is 3.82. The van der Waals surface area contributed by atoms with Crippen LogP contribution in [0.25, 0.3) is 0 Å². The van der Waals surface area contributed by atoms with Gasteiger partial charge in [-0.15, -0.1) is 0 Å². The predicted molar refractivity (Wildman–Crippen MR) is 69.0 cm³/mol. The molecule has 0 aliphatic heterocycles. The highest BCUT2D eigenvalue weighted by atomic mass is 32.2. The molecule has 1 fully saturated rings. The highest BCUT2D eigenvalue weighted by Gasteiger charge is 2.25. The molecule has 4 heteroatoms. The Morgan fingerprint density at radius 2 is 1.94 bits per heavy atom. The maximum Gasteiger partial charge on any atom is 0.216 e. The van der Waals surface area contributed by atoms with Crippen molar-refractivity contribution in [2.45, 2.75) is 38.0 Å². The van der Waals surface area contributed by atoms with Crippen LogP contribution in [-0.2, 0) is 15.8 Å². The van der Waals surface area contributed by atoms with E-state index in [1.54, 1.807) is 0 Å². The Morgan fingerprint density at radius 1 is 1.24 bits per heavy atom. The summed E-state index contributed by atoms with van der Waals surface area (Å²) in [4.78, 5) is 0. The lowest BCUT2D eigenvalue weighted by Crippen LogP contribution is -2.33. The van der Waals surface area contributed by atoms with E-state index in [1.165, 1.54) is 0 Å². The fourth-order valence-electron chi connectivity index (χ4n) is 2.40. The maximum absolute atomic E-state index is 12.0. The van der Waals surface area contributed by atoms with E-state index >= 15 is 0 Å².